The van der Waals surface area contributed by atoms with Crippen LogP contribution in [0.25, 0.3) is 0 Å². The molecule has 35 heavy (non-hydrogen) atoms. The van der Waals surface area contributed by atoms with Gasteiger partial charge < -0.3 is 14.5 Å². The van der Waals surface area contributed by atoms with Gasteiger partial charge in [0.25, 0.3) is 0 Å². The van der Waals surface area contributed by atoms with Gasteiger partial charge in [-0.3, -0.25) is 4.79 Å². The van der Waals surface area contributed by atoms with Crippen molar-refractivity contribution < 1.29 is 14.4 Å². The lowest BCUT2D eigenvalue weighted by Crippen LogP contribution is -2.32. The maximum atomic E-state index is 13.5. The summed E-state index contributed by atoms with van der Waals surface area (Å²) >= 11 is 0. The summed E-state index contributed by atoms with van der Waals surface area (Å²) in [6.07, 6.45) is 6.49. The molecule has 1 aliphatic carbocycles. The number of oxime groups is 1. The second kappa shape index (κ2) is 10.6. The Morgan fingerprint density at radius 1 is 1.14 bits per heavy atom. The van der Waals surface area contributed by atoms with Gasteiger partial charge in [0.05, 0.1) is 5.71 Å². The van der Waals surface area contributed by atoms with E-state index in [0.717, 1.165) is 47.4 Å². The third-order valence-electron chi connectivity index (χ3n) is 7.12. The fourth-order valence-corrected chi connectivity index (χ4v) is 5.30. The molecule has 1 unspecified atom stereocenters. The summed E-state index contributed by atoms with van der Waals surface area (Å²) < 4.78 is 5.25. The van der Waals surface area contributed by atoms with E-state index in [1.165, 1.54) is 16.9 Å². The van der Waals surface area contributed by atoms with Crippen LogP contribution in [0.15, 0.2) is 71.0 Å². The normalized spacial score (nSPS) is 19.1. The van der Waals surface area contributed by atoms with Crippen LogP contribution in [0.1, 0.15) is 67.1 Å². The third kappa shape index (κ3) is 4.70. The highest BCUT2D eigenvalue weighted by atomic mass is 16.6. The largest absolute Gasteiger partial charge is 0.396 e. The molecule has 0 spiro atoms. The van der Waals surface area contributed by atoms with Crippen molar-refractivity contribution in [3.05, 3.63) is 88.1 Å². The molecule has 2 aromatic carbocycles. The van der Waals surface area contributed by atoms with Crippen LogP contribution < -0.4 is 4.90 Å². The molecule has 184 valence electrons. The molecule has 0 aromatic heterocycles. The molecular formula is C30H36N2O3. The van der Waals surface area contributed by atoms with Crippen LogP contribution >= 0.6 is 0 Å². The summed E-state index contributed by atoms with van der Waals surface area (Å²) in [5, 5.41) is 4.44. The number of nitrogens with zero attached hydrogens (tertiary/aromatic N) is 2. The van der Waals surface area contributed by atoms with E-state index in [0.29, 0.717) is 19.6 Å². The van der Waals surface area contributed by atoms with Gasteiger partial charge in [0, 0.05) is 48.2 Å². The molecule has 2 aromatic rings. The summed E-state index contributed by atoms with van der Waals surface area (Å²) in [5.74, 6) is 0.116. The number of rotatable bonds is 10. The van der Waals surface area contributed by atoms with E-state index >= 15 is 0 Å². The highest BCUT2D eigenvalue weighted by molar-refractivity contribution is 6.10. The highest BCUT2D eigenvalue weighted by Gasteiger charge is 2.45. The van der Waals surface area contributed by atoms with Crippen molar-refractivity contribution in [2.75, 3.05) is 31.8 Å². The van der Waals surface area contributed by atoms with Gasteiger partial charge in [-0.25, -0.2) is 0 Å². The molecule has 2 aliphatic rings. The first-order valence-corrected chi connectivity index (χ1v) is 12.6. The van der Waals surface area contributed by atoms with Gasteiger partial charge in [-0.2, -0.15) is 0 Å². The van der Waals surface area contributed by atoms with Crippen molar-refractivity contribution in [3.63, 3.8) is 0 Å². The van der Waals surface area contributed by atoms with Gasteiger partial charge in [0.2, 0.25) is 0 Å². The second-order valence-electron chi connectivity index (χ2n) is 9.43. The van der Waals surface area contributed by atoms with E-state index in [1.807, 2.05) is 44.2 Å². The van der Waals surface area contributed by atoms with E-state index in [-0.39, 0.29) is 11.2 Å². The molecule has 1 atom stereocenters. The number of hydrogen-bond donors (Lipinski definition) is 0. The number of carbonyl (C=O) groups excluding carboxylic acids is 1. The lowest BCUT2D eigenvalue weighted by molar-refractivity contribution is 0.102. The quantitative estimate of drug-likeness (QED) is 0.175. The molecule has 5 nitrogen and oxygen atoms in total. The summed E-state index contributed by atoms with van der Waals surface area (Å²) in [6, 6.07) is 14.4. The second-order valence-corrected chi connectivity index (χ2v) is 9.43. The minimum Gasteiger partial charge on any atom is -0.396 e. The first-order valence-electron chi connectivity index (χ1n) is 12.6. The van der Waals surface area contributed by atoms with Gasteiger partial charge in [-0.1, -0.05) is 41.6 Å². The number of ketones is 1. The van der Waals surface area contributed by atoms with Crippen LogP contribution in [0.4, 0.5) is 5.69 Å². The number of allylic oxidation sites excluding steroid dienone is 4. The smallest absolute Gasteiger partial charge is 0.189 e. The molecule has 1 heterocycles. The maximum absolute atomic E-state index is 13.5. The zero-order valence-corrected chi connectivity index (χ0v) is 21.6. The van der Waals surface area contributed by atoms with E-state index in [2.05, 4.69) is 48.2 Å². The van der Waals surface area contributed by atoms with Crippen molar-refractivity contribution in [1.82, 2.24) is 0 Å². The molecule has 1 aliphatic heterocycles. The SMILES string of the molecule is CCO/N=C(\CCCOC)c1ccc2c(c1)C1(C)CC(C(=O)c3ccccc3C)=CC=C1N2CC. The zero-order chi connectivity index (χ0) is 25.0. The minimum absolute atomic E-state index is 0.116. The van der Waals surface area contributed by atoms with Gasteiger partial charge >= 0.3 is 0 Å². The molecular weight excluding hydrogens is 436 g/mol. The number of likely N-dealkylation sites (N-methyl/N-ethyl adjacent to an activating group) is 1. The summed E-state index contributed by atoms with van der Waals surface area (Å²) in [4.78, 5) is 21.3. The number of Topliss-reactive ketones (excluding diaryl/α,β-unsaturated/α-hetero) is 1. The maximum Gasteiger partial charge on any atom is 0.189 e. The van der Waals surface area contributed by atoms with Crippen molar-refractivity contribution in [2.45, 2.75) is 52.4 Å². The van der Waals surface area contributed by atoms with Crippen LogP contribution in [0.3, 0.4) is 0 Å². The number of ether oxygens (including phenoxy) is 1. The number of fused-ring (bicyclic) bond motifs is 3. The van der Waals surface area contributed by atoms with Gasteiger partial charge in [-0.15, -0.1) is 0 Å². The Kier molecular flexibility index (Phi) is 7.56. The molecule has 4 rings (SSSR count). The van der Waals surface area contributed by atoms with E-state index in [9.17, 15) is 4.79 Å². The van der Waals surface area contributed by atoms with Crippen molar-refractivity contribution in [2.24, 2.45) is 5.16 Å². The first-order chi connectivity index (χ1) is 16.9. The monoisotopic (exact) mass is 472 g/mol. The number of hydrogen-bond acceptors (Lipinski definition) is 5. The van der Waals surface area contributed by atoms with E-state index in [1.54, 1.807) is 7.11 Å². The number of methoxy groups -OCH3 is 1. The lowest BCUT2D eigenvalue weighted by atomic mass is 9.72. The van der Waals surface area contributed by atoms with Crippen LogP contribution in [-0.4, -0.2) is 38.4 Å². The lowest BCUT2D eigenvalue weighted by Gasteiger charge is -2.33. The number of benzene rings is 2. The van der Waals surface area contributed by atoms with Crippen molar-refractivity contribution in [3.8, 4) is 0 Å². The summed E-state index contributed by atoms with van der Waals surface area (Å²) in [5.41, 5.74) is 8.04. The zero-order valence-electron chi connectivity index (χ0n) is 21.6. The Bertz CT molecular complexity index is 1190. The topological polar surface area (TPSA) is 51.1 Å². The predicted molar refractivity (Wildman–Crippen MR) is 142 cm³/mol. The number of anilines is 1. The predicted octanol–water partition coefficient (Wildman–Crippen LogP) is 6.36. The van der Waals surface area contributed by atoms with Crippen LogP contribution in [0, 0.1) is 6.92 Å². The van der Waals surface area contributed by atoms with Crippen molar-refractivity contribution in [1.29, 1.82) is 0 Å². The Hall–Kier alpha value is -3.18. The standard InChI is InChI=1S/C30H36N2O3/c1-6-32-27-16-14-22(26(31-35-7-2)13-10-18-34-5)19-25(27)30(4)20-23(15-17-28(30)32)29(33)24-12-9-8-11-21(24)3/h8-9,11-12,14-17,19H,6-7,10,13,18,20H2,1-5H3/b31-26+. The average Bonchev–Trinajstić information content (AvgIpc) is 3.12. The first kappa shape index (κ1) is 24.9. The highest BCUT2D eigenvalue weighted by Crippen LogP contribution is 2.53. The van der Waals surface area contributed by atoms with Crippen molar-refractivity contribution >= 4 is 17.2 Å². The van der Waals surface area contributed by atoms with Crippen LogP contribution in [0.5, 0.6) is 0 Å². The van der Waals surface area contributed by atoms with E-state index in [4.69, 9.17) is 9.57 Å². The van der Waals surface area contributed by atoms with Crippen LogP contribution in [-0.2, 0) is 15.0 Å². The summed E-state index contributed by atoms with van der Waals surface area (Å²) in [7, 11) is 1.72. The Morgan fingerprint density at radius 2 is 1.94 bits per heavy atom. The van der Waals surface area contributed by atoms with Gasteiger partial charge in [-0.05, 0) is 81.9 Å². The third-order valence-corrected chi connectivity index (χ3v) is 7.12. The fourth-order valence-electron chi connectivity index (χ4n) is 5.30. The fraction of sp³-hybridized carbons (Fsp3) is 0.400. The number of carbonyl (C=O) groups is 1. The molecule has 0 fully saturated rings. The molecule has 0 saturated carbocycles. The molecule has 0 radical (unpaired) electrons. The minimum atomic E-state index is -0.285. The van der Waals surface area contributed by atoms with E-state index < -0.39 is 0 Å². The molecule has 0 N–H and O–H groups in total. The Balaban J connectivity index is 1.73. The van der Waals surface area contributed by atoms with Gasteiger partial charge in [0.1, 0.15) is 6.61 Å². The molecule has 0 bridgehead atoms. The summed E-state index contributed by atoms with van der Waals surface area (Å²) in [6.45, 7) is 10.5. The van der Waals surface area contributed by atoms with Crippen LogP contribution in [0.2, 0.25) is 0 Å². The average molecular weight is 473 g/mol. The molecule has 5 heteroatoms. The molecule has 0 amide bonds. The van der Waals surface area contributed by atoms with Gasteiger partial charge in [0.15, 0.2) is 5.78 Å². The Labute approximate surface area is 209 Å². The Morgan fingerprint density at radius 3 is 2.66 bits per heavy atom. The number of aryl methyl sites for hydroxylation is 1. The molecule has 0 saturated heterocycles.